The monoisotopic (exact) mass is 503 g/mol. The van der Waals surface area contributed by atoms with Crippen LogP contribution in [0.4, 0.5) is 10.2 Å². The number of anilines is 1. The van der Waals surface area contributed by atoms with Gasteiger partial charge in [-0.25, -0.2) is 14.4 Å². The molecule has 2 heterocycles. The van der Waals surface area contributed by atoms with Crippen LogP contribution in [0.1, 0.15) is 37.4 Å². The second kappa shape index (κ2) is 11.2. The Balaban J connectivity index is 1.29. The van der Waals surface area contributed by atoms with Gasteiger partial charge in [0, 0.05) is 53.9 Å². The molecule has 37 heavy (non-hydrogen) atoms. The number of hydrogen-bond acceptors (Lipinski definition) is 6. The van der Waals surface area contributed by atoms with E-state index in [0.717, 1.165) is 40.2 Å². The molecule has 8 heteroatoms. The number of methoxy groups -OCH3 is 1. The van der Waals surface area contributed by atoms with Crippen LogP contribution in [-0.4, -0.2) is 40.8 Å². The summed E-state index contributed by atoms with van der Waals surface area (Å²) >= 11 is 0. The molecule has 1 fully saturated rings. The number of nitrogens with one attached hydrogen (secondary N) is 2. The molecule has 7 nitrogen and oxygen atoms in total. The molecule has 5 rings (SSSR count). The summed E-state index contributed by atoms with van der Waals surface area (Å²) in [6.45, 7) is 6.54. The van der Waals surface area contributed by atoms with E-state index in [4.69, 9.17) is 9.47 Å². The van der Waals surface area contributed by atoms with Crippen molar-refractivity contribution in [2.75, 3.05) is 25.6 Å². The summed E-state index contributed by atoms with van der Waals surface area (Å²) < 4.78 is 28.0. The summed E-state index contributed by atoms with van der Waals surface area (Å²) in [7, 11) is 1.60. The van der Waals surface area contributed by atoms with Crippen LogP contribution < -0.4 is 20.1 Å². The topological polar surface area (TPSA) is 73.2 Å². The number of nitrogens with zero attached hydrogens (tertiary/aromatic N) is 3. The number of ether oxygens (including phenoxy) is 2. The third-order valence-electron chi connectivity index (χ3n) is 7.05. The molecule has 0 radical (unpaired) electrons. The zero-order valence-corrected chi connectivity index (χ0v) is 21.7. The number of fused-ring (bicyclic) bond motifs is 1. The maximum atomic E-state index is 14.7. The molecule has 0 bridgehead atoms. The molecule has 2 aromatic carbocycles. The van der Waals surface area contributed by atoms with E-state index in [0.29, 0.717) is 42.8 Å². The van der Waals surface area contributed by atoms with Crippen LogP contribution in [0.5, 0.6) is 11.5 Å². The highest BCUT2D eigenvalue weighted by Gasteiger charge is 2.18. The first kappa shape index (κ1) is 25.0. The fraction of sp³-hybridized carbons (Fsp3) is 0.379. The molecule has 194 valence electrons. The Morgan fingerprint density at radius 1 is 1.08 bits per heavy atom. The van der Waals surface area contributed by atoms with E-state index in [1.165, 1.54) is 25.3 Å². The molecule has 4 aromatic rings. The third kappa shape index (κ3) is 5.39. The van der Waals surface area contributed by atoms with Crippen LogP contribution in [0.25, 0.3) is 22.2 Å². The highest BCUT2D eigenvalue weighted by atomic mass is 19.1. The highest BCUT2D eigenvalue weighted by Crippen LogP contribution is 2.31. The maximum Gasteiger partial charge on any atom is 0.147 e. The number of aromatic nitrogens is 3. The predicted octanol–water partition coefficient (Wildman–Crippen LogP) is 5.71. The predicted molar refractivity (Wildman–Crippen MR) is 145 cm³/mol. The van der Waals surface area contributed by atoms with Gasteiger partial charge in [0.05, 0.1) is 24.9 Å². The van der Waals surface area contributed by atoms with Crippen molar-refractivity contribution in [3.63, 3.8) is 0 Å². The minimum Gasteiger partial charge on any atom is -0.496 e. The van der Waals surface area contributed by atoms with Gasteiger partial charge in [-0.1, -0.05) is 18.6 Å². The molecule has 0 aliphatic heterocycles. The largest absolute Gasteiger partial charge is 0.496 e. The molecule has 0 unspecified atom stereocenters. The van der Waals surface area contributed by atoms with Crippen LogP contribution in [0.2, 0.25) is 0 Å². The van der Waals surface area contributed by atoms with Crippen LogP contribution in [0.3, 0.4) is 0 Å². The summed E-state index contributed by atoms with van der Waals surface area (Å²) in [6, 6.07) is 13.9. The van der Waals surface area contributed by atoms with Gasteiger partial charge in [0.1, 0.15) is 29.5 Å². The normalized spacial score (nSPS) is 13.5. The van der Waals surface area contributed by atoms with Gasteiger partial charge < -0.3 is 24.7 Å². The van der Waals surface area contributed by atoms with E-state index in [-0.39, 0.29) is 5.82 Å². The molecule has 0 spiro atoms. The highest BCUT2D eigenvalue weighted by molar-refractivity contribution is 5.88. The first-order valence-electron chi connectivity index (χ1n) is 12.9. The number of hydrogen-bond donors (Lipinski definition) is 2. The lowest BCUT2D eigenvalue weighted by Gasteiger charge is -2.27. The molecular formula is C29H34FN5O2. The summed E-state index contributed by atoms with van der Waals surface area (Å²) in [5.74, 6) is 2.01. The van der Waals surface area contributed by atoms with Gasteiger partial charge in [-0.3, -0.25) is 0 Å². The summed E-state index contributed by atoms with van der Waals surface area (Å²) in [4.78, 5) is 8.88. The fourth-order valence-corrected chi connectivity index (χ4v) is 4.83. The third-order valence-corrected chi connectivity index (χ3v) is 7.05. The molecule has 0 amide bonds. The Hall–Kier alpha value is -3.65. The smallest absolute Gasteiger partial charge is 0.147 e. The summed E-state index contributed by atoms with van der Waals surface area (Å²) in [5, 5.41) is 7.76. The Labute approximate surface area is 217 Å². The molecule has 0 atom stereocenters. The van der Waals surface area contributed by atoms with Gasteiger partial charge in [-0.15, -0.1) is 0 Å². The zero-order chi connectivity index (χ0) is 25.8. The molecule has 2 aromatic heterocycles. The van der Waals surface area contributed by atoms with E-state index >= 15 is 0 Å². The Morgan fingerprint density at radius 3 is 2.70 bits per heavy atom. The lowest BCUT2D eigenvalue weighted by atomic mass is 9.93. The molecule has 0 saturated heterocycles. The number of rotatable bonds is 11. The van der Waals surface area contributed by atoms with Crippen LogP contribution in [0.15, 0.2) is 48.8 Å². The Kier molecular flexibility index (Phi) is 7.55. The van der Waals surface area contributed by atoms with Gasteiger partial charge in [0.25, 0.3) is 0 Å². The zero-order valence-electron chi connectivity index (χ0n) is 21.7. The van der Waals surface area contributed by atoms with Crippen molar-refractivity contribution < 1.29 is 13.9 Å². The van der Waals surface area contributed by atoms with Crippen molar-refractivity contribution in [3.05, 3.63) is 65.9 Å². The van der Waals surface area contributed by atoms with Gasteiger partial charge in [0.15, 0.2) is 0 Å². The van der Waals surface area contributed by atoms with E-state index in [1.54, 1.807) is 19.5 Å². The second-order valence-corrected chi connectivity index (χ2v) is 9.43. The van der Waals surface area contributed by atoms with Gasteiger partial charge >= 0.3 is 0 Å². The molecule has 1 aliphatic rings. The van der Waals surface area contributed by atoms with Crippen molar-refractivity contribution in [2.24, 2.45) is 0 Å². The quantitative estimate of drug-likeness (QED) is 0.273. The minimum absolute atomic E-state index is 0.260. The van der Waals surface area contributed by atoms with Gasteiger partial charge in [-0.2, -0.15) is 0 Å². The fourth-order valence-electron chi connectivity index (χ4n) is 4.83. The van der Waals surface area contributed by atoms with Crippen molar-refractivity contribution >= 4 is 16.7 Å². The average Bonchev–Trinajstić information content (AvgIpc) is 3.21. The van der Waals surface area contributed by atoms with E-state index < -0.39 is 0 Å². The minimum atomic E-state index is -0.260. The number of halogens is 1. The second-order valence-electron chi connectivity index (χ2n) is 9.43. The average molecular weight is 504 g/mol. The Bertz CT molecular complexity index is 1380. The number of aryl methyl sites for hydroxylation is 1. The van der Waals surface area contributed by atoms with Crippen LogP contribution >= 0.6 is 0 Å². The molecule has 1 aliphatic carbocycles. The van der Waals surface area contributed by atoms with Crippen LogP contribution in [-0.2, 0) is 13.1 Å². The van der Waals surface area contributed by atoms with Crippen LogP contribution in [0, 0.1) is 12.7 Å². The lowest BCUT2D eigenvalue weighted by Crippen LogP contribution is -2.34. The first-order chi connectivity index (χ1) is 18.1. The summed E-state index contributed by atoms with van der Waals surface area (Å²) in [6.07, 6.45) is 5.38. The lowest BCUT2D eigenvalue weighted by molar-refractivity contribution is 0.321. The molecule has 1 saturated carbocycles. The van der Waals surface area contributed by atoms with Crippen molar-refractivity contribution in [3.8, 4) is 22.8 Å². The maximum absolute atomic E-state index is 14.7. The molecular weight excluding hydrogens is 469 g/mol. The van der Waals surface area contributed by atoms with Crippen molar-refractivity contribution in [2.45, 2.75) is 52.2 Å². The summed E-state index contributed by atoms with van der Waals surface area (Å²) in [5.41, 5.74) is 4.47. The van der Waals surface area contributed by atoms with E-state index in [9.17, 15) is 4.39 Å². The SMILES string of the molecule is CCOc1cc(-c2cc(NCCn3c(C)cc4c(OC)ccc(F)c43)ncn2)ccc1CNC1CCC1. The van der Waals surface area contributed by atoms with E-state index in [2.05, 4.69) is 38.8 Å². The van der Waals surface area contributed by atoms with Crippen molar-refractivity contribution in [1.82, 2.24) is 19.9 Å². The van der Waals surface area contributed by atoms with Gasteiger partial charge in [-0.05, 0) is 51.0 Å². The molecule has 2 N–H and O–H groups in total. The Morgan fingerprint density at radius 2 is 1.95 bits per heavy atom. The standard InChI is InChI=1S/C29H34FN5O2/c1-4-37-27-15-20(8-9-21(27)17-32-22-6-5-7-22)25-16-28(34-18-33-25)31-12-13-35-19(2)14-23-26(36-3)11-10-24(30)29(23)35/h8-11,14-16,18,22,32H,4-7,12-13,17H2,1-3H3,(H,31,33,34). The first-order valence-corrected chi connectivity index (χ1v) is 12.9. The van der Waals surface area contributed by atoms with Gasteiger partial charge in [0.2, 0.25) is 0 Å². The number of benzene rings is 2. The van der Waals surface area contributed by atoms with Crippen molar-refractivity contribution in [1.29, 1.82) is 0 Å². The van der Waals surface area contributed by atoms with E-state index in [1.807, 2.05) is 30.5 Å².